The fraction of sp³-hybridized carbons (Fsp3) is 0.533. The summed E-state index contributed by atoms with van der Waals surface area (Å²) in [5.74, 6) is 0. The number of carbonyl (C=O) groups excluding carboxylic acids is 1. The van der Waals surface area contributed by atoms with E-state index in [1.807, 2.05) is 18.2 Å². The molecule has 2 unspecified atom stereocenters. The zero-order valence-corrected chi connectivity index (χ0v) is 15.2. The second kappa shape index (κ2) is 9.23. The SMILES string of the molecule is O=C(NC[C@@H](O)[C@@H]1OC(c2ccccc2)OCC1O)OCC(Cl)(Cl)Cl. The Balaban J connectivity index is 1.84. The Hall–Kier alpha value is -0.800. The van der Waals surface area contributed by atoms with Gasteiger partial charge in [-0.2, -0.15) is 0 Å². The summed E-state index contributed by atoms with van der Waals surface area (Å²) in [7, 11) is 0. The molecule has 0 aliphatic carbocycles. The Kier molecular flexibility index (Phi) is 7.57. The lowest BCUT2D eigenvalue weighted by Gasteiger charge is -2.36. The Morgan fingerprint density at radius 2 is 2.04 bits per heavy atom. The molecule has 0 aromatic heterocycles. The Bertz CT molecular complexity index is 556. The van der Waals surface area contributed by atoms with Crippen molar-refractivity contribution in [2.45, 2.75) is 28.4 Å². The quantitative estimate of drug-likeness (QED) is 0.637. The number of alkyl carbamates (subject to hydrolysis) is 1. The third-order valence-corrected chi connectivity index (χ3v) is 3.68. The van der Waals surface area contributed by atoms with Gasteiger partial charge in [0.1, 0.15) is 24.9 Å². The summed E-state index contributed by atoms with van der Waals surface area (Å²) >= 11 is 16.4. The molecule has 7 nitrogen and oxygen atoms in total. The number of ether oxygens (including phenoxy) is 3. The van der Waals surface area contributed by atoms with Crippen LogP contribution in [0.25, 0.3) is 0 Å². The predicted octanol–water partition coefficient (Wildman–Crippen LogP) is 1.92. The van der Waals surface area contributed by atoms with Gasteiger partial charge in [0.15, 0.2) is 6.29 Å². The summed E-state index contributed by atoms with van der Waals surface area (Å²) in [6.07, 6.45) is -4.78. The minimum atomic E-state index is -1.72. The molecule has 1 aliphatic heterocycles. The van der Waals surface area contributed by atoms with Crippen LogP contribution in [0, 0.1) is 0 Å². The van der Waals surface area contributed by atoms with Gasteiger partial charge in [-0.15, -0.1) is 0 Å². The van der Waals surface area contributed by atoms with Gasteiger partial charge in [0.25, 0.3) is 0 Å². The van der Waals surface area contributed by atoms with Crippen molar-refractivity contribution >= 4 is 40.9 Å². The molecule has 1 amide bonds. The van der Waals surface area contributed by atoms with Gasteiger partial charge in [-0.25, -0.2) is 4.79 Å². The van der Waals surface area contributed by atoms with Crippen LogP contribution >= 0.6 is 34.8 Å². The van der Waals surface area contributed by atoms with Crippen LogP contribution in [-0.2, 0) is 14.2 Å². The van der Waals surface area contributed by atoms with Gasteiger partial charge < -0.3 is 29.7 Å². The van der Waals surface area contributed by atoms with Crippen LogP contribution in [0.4, 0.5) is 4.79 Å². The molecule has 1 aliphatic rings. The number of alkyl halides is 3. The number of hydrogen-bond donors (Lipinski definition) is 3. The molecule has 1 fully saturated rings. The molecule has 1 saturated heterocycles. The van der Waals surface area contributed by atoms with Crippen molar-refractivity contribution in [3.8, 4) is 0 Å². The van der Waals surface area contributed by atoms with E-state index in [2.05, 4.69) is 10.1 Å². The smallest absolute Gasteiger partial charge is 0.407 e. The van der Waals surface area contributed by atoms with E-state index < -0.39 is 41.1 Å². The zero-order valence-electron chi connectivity index (χ0n) is 13.0. The Morgan fingerprint density at radius 3 is 2.68 bits per heavy atom. The lowest BCUT2D eigenvalue weighted by atomic mass is 10.1. The summed E-state index contributed by atoms with van der Waals surface area (Å²) in [5, 5.41) is 22.5. The zero-order chi connectivity index (χ0) is 18.4. The number of nitrogens with one attached hydrogen (secondary N) is 1. The summed E-state index contributed by atoms with van der Waals surface area (Å²) in [4.78, 5) is 11.5. The first-order valence-corrected chi connectivity index (χ1v) is 8.55. The maximum absolute atomic E-state index is 11.5. The third kappa shape index (κ3) is 6.79. The molecule has 0 bridgehead atoms. The molecule has 4 atom stereocenters. The summed E-state index contributed by atoms with van der Waals surface area (Å²) in [6, 6.07) is 9.10. The fourth-order valence-electron chi connectivity index (χ4n) is 2.19. The molecule has 3 N–H and O–H groups in total. The lowest BCUT2D eigenvalue weighted by molar-refractivity contribution is -0.274. The number of aliphatic hydroxyl groups excluding tert-OH is 2. The first kappa shape index (κ1) is 20.5. The van der Waals surface area contributed by atoms with Gasteiger partial charge in [0.2, 0.25) is 3.79 Å². The summed E-state index contributed by atoms with van der Waals surface area (Å²) < 4.78 is 14.0. The first-order valence-electron chi connectivity index (χ1n) is 7.42. The van der Waals surface area contributed by atoms with Crippen LogP contribution in [0.3, 0.4) is 0 Å². The molecule has 0 saturated carbocycles. The predicted molar refractivity (Wildman–Crippen MR) is 91.7 cm³/mol. The van der Waals surface area contributed by atoms with Crippen LogP contribution in [0.15, 0.2) is 30.3 Å². The highest BCUT2D eigenvalue weighted by atomic mass is 35.6. The highest BCUT2D eigenvalue weighted by Gasteiger charge is 2.36. The fourth-order valence-corrected chi connectivity index (χ4v) is 2.35. The van der Waals surface area contributed by atoms with E-state index in [4.69, 9.17) is 44.3 Å². The van der Waals surface area contributed by atoms with Crippen LogP contribution in [0.1, 0.15) is 11.9 Å². The maximum atomic E-state index is 11.5. The van der Waals surface area contributed by atoms with Crippen molar-refractivity contribution in [2.24, 2.45) is 0 Å². The maximum Gasteiger partial charge on any atom is 0.407 e. The van der Waals surface area contributed by atoms with Gasteiger partial charge in [-0.1, -0.05) is 65.1 Å². The Labute approximate surface area is 159 Å². The summed E-state index contributed by atoms with van der Waals surface area (Å²) in [6.45, 7) is -0.674. The van der Waals surface area contributed by atoms with Gasteiger partial charge in [-0.05, 0) is 0 Å². The molecule has 0 spiro atoms. The number of aliphatic hydroxyl groups is 2. The molecule has 2 rings (SSSR count). The number of carbonyl (C=O) groups is 1. The second-order valence-corrected chi connectivity index (χ2v) is 7.90. The van der Waals surface area contributed by atoms with Crippen molar-refractivity contribution in [1.82, 2.24) is 5.32 Å². The monoisotopic (exact) mass is 413 g/mol. The molecule has 25 heavy (non-hydrogen) atoms. The molecule has 10 heteroatoms. The van der Waals surface area contributed by atoms with E-state index in [1.54, 1.807) is 12.1 Å². The minimum Gasteiger partial charge on any atom is -0.445 e. The average Bonchev–Trinajstić information content (AvgIpc) is 2.58. The highest BCUT2D eigenvalue weighted by molar-refractivity contribution is 6.67. The van der Waals surface area contributed by atoms with Gasteiger partial charge in [0.05, 0.1) is 6.61 Å². The second-order valence-electron chi connectivity index (χ2n) is 5.38. The molecular formula is C15H18Cl3NO6. The lowest BCUT2D eigenvalue weighted by Crippen LogP contribution is -2.51. The van der Waals surface area contributed by atoms with E-state index in [1.165, 1.54) is 0 Å². The normalized spacial score (nSPS) is 25.2. The van der Waals surface area contributed by atoms with Crippen LogP contribution < -0.4 is 5.32 Å². The van der Waals surface area contributed by atoms with Crippen molar-refractivity contribution in [2.75, 3.05) is 19.8 Å². The molecule has 140 valence electrons. The van der Waals surface area contributed by atoms with Crippen molar-refractivity contribution < 1.29 is 29.2 Å². The Morgan fingerprint density at radius 1 is 1.36 bits per heavy atom. The van der Waals surface area contributed by atoms with E-state index in [9.17, 15) is 15.0 Å². The third-order valence-electron chi connectivity index (χ3n) is 3.35. The largest absolute Gasteiger partial charge is 0.445 e. The van der Waals surface area contributed by atoms with Gasteiger partial charge in [-0.3, -0.25) is 0 Å². The van der Waals surface area contributed by atoms with E-state index in [0.29, 0.717) is 0 Å². The number of halogens is 3. The topological polar surface area (TPSA) is 97.3 Å². The van der Waals surface area contributed by atoms with E-state index in [-0.39, 0.29) is 13.2 Å². The first-order chi connectivity index (χ1) is 11.8. The van der Waals surface area contributed by atoms with Crippen molar-refractivity contribution in [3.63, 3.8) is 0 Å². The number of benzene rings is 1. The molecule has 1 heterocycles. The molecule has 1 aromatic rings. The number of rotatable bonds is 5. The van der Waals surface area contributed by atoms with Crippen LogP contribution in [-0.4, -0.2) is 58.2 Å². The van der Waals surface area contributed by atoms with E-state index in [0.717, 1.165) is 5.56 Å². The van der Waals surface area contributed by atoms with Gasteiger partial charge in [0, 0.05) is 12.1 Å². The molecule has 1 aromatic carbocycles. The van der Waals surface area contributed by atoms with Crippen LogP contribution in [0.5, 0.6) is 0 Å². The van der Waals surface area contributed by atoms with Gasteiger partial charge >= 0.3 is 6.09 Å². The van der Waals surface area contributed by atoms with E-state index >= 15 is 0 Å². The summed E-state index contributed by atoms with van der Waals surface area (Å²) in [5.41, 5.74) is 0.752. The molecule has 0 radical (unpaired) electrons. The standard InChI is InChI=1S/C15H18Cl3NO6/c16-15(17,18)8-24-14(22)19-6-10(20)12-11(21)7-23-13(25-12)9-4-2-1-3-5-9/h1-5,10-13,20-21H,6-8H2,(H,19,22)/t10-,11?,12+,13?/m1/s1. The minimum absolute atomic E-state index is 0.0149. The number of hydrogen-bond acceptors (Lipinski definition) is 6. The average molecular weight is 415 g/mol. The number of amides is 1. The van der Waals surface area contributed by atoms with Crippen molar-refractivity contribution in [3.05, 3.63) is 35.9 Å². The van der Waals surface area contributed by atoms with Crippen LogP contribution in [0.2, 0.25) is 0 Å². The molecular weight excluding hydrogens is 397 g/mol. The highest BCUT2D eigenvalue weighted by Crippen LogP contribution is 2.28. The van der Waals surface area contributed by atoms with Crippen molar-refractivity contribution in [1.29, 1.82) is 0 Å².